The third kappa shape index (κ3) is 5.81. The summed E-state index contributed by atoms with van der Waals surface area (Å²) >= 11 is 0. The quantitative estimate of drug-likeness (QED) is 0.424. The summed E-state index contributed by atoms with van der Waals surface area (Å²) in [5.74, 6) is -0.615. The fourth-order valence-electron chi connectivity index (χ4n) is 4.01. The molecule has 3 nitrogen and oxygen atoms in total. The van der Waals surface area contributed by atoms with Gasteiger partial charge in [0.2, 0.25) is 0 Å². The number of unbranched alkanes of at least 4 members (excludes halogenated alkanes) is 2. The van der Waals surface area contributed by atoms with Gasteiger partial charge in [-0.05, 0) is 43.4 Å². The van der Waals surface area contributed by atoms with E-state index in [-0.39, 0.29) is 12.4 Å². The maximum absolute atomic E-state index is 14.1. The van der Waals surface area contributed by atoms with Gasteiger partial charge < -0.3 is 14.2 Å². The van der Waals surface area contributed by atoms with Gasteiger partial charge in [-0.25, -0.2) is 8.78 Å². The molecule has 2 unspecified atom stereocenters. The van der Waals surface area contributed by atoms with E-state index < -0.39 is 11.7 Å². The molecular weight excluding hydrogens is 374 g/mol. The fourth-order valence-corrected chi connectivity index (χ4v) is 4.01. The summed E-state index contributed by atoms with van der Waals surface area (Å²) in [6.45, 7) is 3.03. The Hall–Kier alpha value is -1.88. The minimum absolute atomic E-state index is 0.0432. The molecule has 1 fully saturated rings. The Labute approximate surface area is 172 Å². The second-order valence-corrected chi connectivity index (χ2v) is 7.94. The molecule has 2 atom stereocenters. The highest BCUT2D eigenvalue weighted by Gasteiger charge is 2.24. The summed E-state index contributed by atoms with van der Waals surface area (Å²) in [6, 6.07) is 7.90. The lowest BCUT2D eigenvalue weighted by atomic mass is 9.90. The van der Waals surface area contributed by atoms with Crippen molar-refractivity contribution in [3.63, 3.8) is 0 Å². The van der Waals surface area contributed by atoms with Crippen molar-refractivity contribution in [1.82, 2.24) is 0 Å². The number of methoxy groups -OCH3 is 1. The first kappa shape index (κ1) is 21.8. The molecule has 1 aromatic carbocycles. The zero-order valence-electron chi connectivity index (χ0n) is 17.5. The molecule has 1 aliphatic heterocycles. The number of allylic oxidation sites excluding steroid dienone is 3. The van der Waals surface area contributed by atoms with Crippen LogP contribution in [0.15, 0.2) is 47.3 Å². The van der Waals surface area contributed by atoms with Crippen LogP contribution in [0.3, 0.4) is 0 Å². The van der Waals surface area contributed by atoms with Crippen molar-refractivity contribution in [2.24, 2.45) is 0 Å². The second kappa shape index (κ2) is 10.8. The molecule has 1 heterocycles. The third-order valence-electron chi connectivity index (χ3n) is 5.91. The molecule has 0 saturated carbocycles. The lowest BCUT2D eigenvalue weighted by Crippen LogP contribution is -2.24. The summed E-state index contributed by atoms with van der Waals surface area (Å²) < 4.78 is 44.5. The standard InChI is InChI=1S/C24H32F2O3/c1-3-4-5-6-20-13-9-18(15-28-20)17-7-11-21(12-8-17)29-16-19-10-14-22(27-2)24(26)23(19)25/h7-8,11-12,18,20H,3-6,9-10,13-16H2,1-2H3. The average Bonchev–Trinajstić information content (AvgIpc) is 2.76. The summed E-state index contributed by atoms with van der Waals surface area (Å²) in [5, 5.41) is 0. The number of hydrogen-bond acceptors (Lipinski definition) is 3. The second-order valence-electron chi connectivity index (χ2n) is 7.94. The predicted octanol–water partition coefficient (Wildman–Crippen LogP) is 6.75. The molecule has 1 aromatic rings. The number of rotatable bonds is 9. The summed E-state index contributed by atoms with van der Waals surface area (Å²) in [4.78, 5) is 0. The first-order valence-corrected chi connectivity index (χ1v) is 10.8. The van der Waals surface area contributed by atoms with Crippen LogP contribution in [0.4, 0.5) is 8.78 Å². The van der Waals surface area contributed by atoms with Gasteiger partial charge >= 0.3 is 0 Å². The van der Waals surface area contributed by atoms with E-state index >= 15 is 0 Å². The van der Waals surface area contributed by atoms with Gasteiger partial charge in [0.1, 0.15) is 18.1 Å². The molecule has 0 aromatic heterocycles. The molecule has 5 heteroatoms. The zero-order valence-corrected chi connectivity index (χ0v) is 17.5. The molecule has 0 N–H and O–H groups in total. The number of benzene rings is 1. The van der Waals surface area contributed by atoms with E-state index in [9.17, 15) is 8.78 Å². The smallest absolute Gasteiger partial charge is 0.196 e. The van der Waals surface area contributed by atoms with Crippen molar-refractivity contribution in [2.45, 2.75) is 70.3 Å². The van der Waals surface area contributed by atoms with Crippen LogP contribution in [0.25, 0.3) is 0 Å². The van der Waals surface area contributed by atoms with Gasteiger partial charge in [-0.1, -0.05) is 38.3 Å². The van der Waals surface area contributed by atoms with Gasteiger partial charge in [0.05, 0.1) is 19.8 Å². The molecule has 0 radical (unpaired) electrons. The largest absolute Gasteiger partial charge is 0.498 e. The van der Waals surface area contributed by atoms with E-state index in [1.807, 2.05) is 12.1 Å². The van der Waals surface area contributed by atoms with E-state index in [4.69, 9.17) is 14.2 Å². The van der Waals surface area contributed by atoms with Crippen molar-refractivity contribution in [3.8, 4) is 5.75 Å². The van der Waals surface area contributed by atoms with Crippen molar-refractivity contribution < 1.29 is 23.0 Å². The van der Waals surface area contributed by atoms with E-state index in [2.05, 4.69) is 19.1 Å². The molecule has 0 amide bonds. The van der Waals surface area contributed by atoms with E-state index in [1.165, 1.54) is 38.4 Å². The summed E-state index contributed by atoms with van der Waals surface area (Å²) in [7, 11) is 1.36. The highest BCUT2D eigenvalue weighted by molar-refractivity contribution is 5.34. The highest BCUT2D eigenvalue weighted by atomic mass is 19.2. The van der Waals surface area contributed by atoms with Crippen molar-refractivity contribution in [1.29, 1.82) is 0 Å². The lowest BCUT2D eigenvalue weighted by molar-refractivity contribution is -0.00208. The van der Waals surface area contributed by atoms with Crippen LogP contribution in [0.2, 0.25) is 0 Å². The van der Waals surface area contributed by atoms with Crippen LogP contribution in [0.5, 0.6) is 5.75 Å². The average molecular weight is 407 g/mol. The van der Waals surface area contributed by atoms with Crippen LogP contribution in [0, 0.1) is 0 Å². The minimum Gasteiger partial charge on any atom is -0.498 e. The van der Waals surface area contributed by atoms with Crippen LogP contribution in [-0.4, -0.2) is 26.4 Å². The molecule has 2 aliphatic rings. The normalized spacial score (nSPS) is 22.8. The molecular formula is C24H32F2O3. The van der Waals surface area contributed by atoms with Gasteiger partial charge in [0.25, 0.3) is 0 Å². The van der Waals surface area contributed by atoms with E-state index in [0.717, 1.165) is 19.4 Å². The number of hydrogen-bond donors (Lipinski definition) is 0. The maximum atomic E-state index is 14.1. The Morgan fingerprint density at radius 1 is 1.03 bits per heavy atom. The van der Waals surface area contributed by atoms with Crippen molar-refractivity contribution >= 4 is 0 Å². The molecule has 1 saturated heterocycles. The Kier molecular flexibility index (Phi) is 8.10. The van der Waals surface area contributed by atoms with Gasteiger partial charge in [-0.2, -0.15) is 0 Å². The van der Waals surface area contributed by atoms with Crippen molar-refractivity contribution in [3.05, 3.63) is 52.8 Å². The lowest BCUT2D eigenvalue weighted by Gasteiger charge is -2.29. The number of ether oxygens (including phenoxy) is 3. The first-order valence-electron chi connectivity index (χ1n) is 10.8. The third-order valence-corrected chi connectivity index (χ3v) is 5.91. The molecule has 0 bridgehead atoms. The minimum atomic E-state index is -0.905. The first-order chi connectivity index (χ1) is 14.1. The summed E-state index contributed by atoms with van der Waals surface area (Å²) in [6.07, 6.45) is 8.37. The number of halogens is 2. The van der Waals surface area contributed by atoms with E-state index in [0.29, 0.717) is 36.2 Å². The Balaban J connectivity index is 1.49. The molecule has 3 rings (SSSR count). The van der Waals surface area contributed by atoms with Crippen LogP contribution < -0.4 is 4.74 Å². The molecule has 1 aliphatic carbocycles. The maximum Gasteiger partial charge on any atom is 0.196 e. The van der Waals surface area contributed by atoms with E-state index in [1.54, 1.807) is 0 Å². The topological polar surface area (TPSA) is 27.7 Å². The highest BCUT2D eigenvalue weighted by Crippen LogP contribution is 2.34. The van der Waals surface area contributed by atoms with Gasteiger partial charge in [0, 0.05) is 17.9 Å². The van der Waals surface area contributed by atoms with Gasteiger partial charge in [0.15, 0.2) is 11.7 Å². The Bertz CT molecular complexity index is 716. The molecule has 29 heavy (non-hydrogen) atoms. The van der Waals surface area contributed by atoms with Crippen LogP contribution in [0.1, 0.15) is 69.8 Å². The Morgan fingerprint density at radius 2 is 1.83 bits per heavy atom. The summed E-state index contributed by atoms with van der Waals surface area (Å²) in [5.41, 5.74) is 1.58. The monoisotopic (exact) mass is 406 g/mol. The van der Waals surface area contributed by atoms with Gasteiger partial charge in [-0.15, -0.1) is 0 Å². The molecule has 160 valence electrons. The SMILES string of the molecule is CCCCCC1CCC(c2ccc(OCC3=C(F)C(F)=C(OC)CC3)cc2)CO1. The zero-order chi connectivity index (χ0) is 20.6. The Morgan fingerprint density at radius 3 is 2.48 bits per heavy atom. The van der Waals surface area contributed by atoms with Crippen LogP contribution >= 0.6 is 0 Å². The van der Waals surface area contributed by atoms with Gasteiger partial charge in [-0.3, -0.25) is 0 Å². The fraction of sp³-hybridized carbons (Fsp3) is 0.583. The molecule has 0 spiro atoms. The predicted molar refractivity (Wildman–Crippen MR) is 110 cm³/mol. The van der Waals surface area contributed by atoms with Crippen LogP contribution in [-0.2, 0) is 9.47 Å². The van der Waals surface area contributed by atoms with Crippen molar-refractivity contribution in [2.75, 3.05) is 20.3 Å².